The van der Waals surface area contributed by atoms with Crippen LogP contribution in [0.3, 0.4) is 0 Å². The summed E-state index contributed by atoms with van der Waals surface area (Å²) in [5.41, 5.74) is 5.90. The van der Waals surface area contributed by atoms with E-state index < -0.39 is 0 Å². The number of aromatic nitrogens is 1. The van der Waals surface area contributed by atoms with Crippen molar-refractivity contribution in [3.8, 4) is 0 Å². The molecular weight excluding hydrogens is 252 g/mol. The molecule has 100 valence electrons. The maximum absolute atomic E-state index is 11.8. The summed E-state index contributed by atoms with van der Waals surface area (Å²) < 4.78 is 0. The number of pyridine rings is 1. The molecule has 0 radical (unpaired) electrons. The quantitative estimate of drug-likeness (QED) is 0.848. The van der Waals surface area contributed by atoms with Crippen LogP contribution in [0.2, 0.25) is 5.02 Å². The number of nitrogen functional groups attached to an aromatic ring is 1. The van der Waals surface area contributed by atoms with Crippen molar-refractivity contribution in [2.75, 3.05) is 25.9 Å². The lowest BCUT2D eigenvalue weighted by atomic mass is 10.2. The van der Waals surface area contributed by atoms with Crippen LogP contribution in [0.15, 0.2) is 12.3 Å². The molecule has 0 fully saturated rings. The Balaban J connectivity index is 2.48. The van der Waals surface area contributed by atoms with Gasteiger partial charge in [0, 0.05) is 25.3 Å². The number of halogens is 1. The largest absolute Gasteiger partial charge is 0.382 e. The molecule has 1 heterocycles. The predicted octanol–water partition coefficient (Wildman–Crippen LogP) is 1.39. The molecule has 0 aromatic carbocycles. The number of hydrogen-bond acceptors (Lipinski definition) is 4. The van der Waals surface area contributed by atoms with Gasteiger partial charge in [-0.1, -0.05) is 11.6 Å². The summed E-state index contributed by atoms with van der Waals surface area (Å²) in [4.78, 5) is 17.8. The van der Waals surface area contributed by atoms with E-state index >= 15 is 0 Å². The van der Waals surface area contributed by atoms with E-state index in [1.165, 1.54) is 12.3 Å². The zero-order valence-electron chi connectivity index (χ0n) is 10.9. The Kier molecular flexibility index (Phi) is 5.37. The molecule has 0 aliphatic carbocycles. The van der Waals surface area contributed by atoms with E-state index in [-0.39, 0.29) is 11.7 Å². The Morgan fingerprint density at radius 3 is 2.83 bits per heavy atom. The minimum absolute atomic E-state index is 0.193. The van der Waals surface area contributed by atoms with E-state index in [1.807, 2.05) is 7.05 Å². The second kappa shape index (κ2) is 6.56. The van der Waals surface area contributed by atoms with Gasteiger partial charge in [0.2, 0.25) is 0 Å². The number of hydrogen-bond donors (Lipinski definition) is 2. The Morgan fingerprint density at radius 2 is 2.28 bits per heavy atom. The Bertz CT molecular complexity index is 423. The topological polar surface area (TPSA) is 71.2 Å². The summed E-state index contributed by atoms with van der Waals surface area (Å²) in [6.07, 6.45) is 1.42. The first-order valence-electron chi connectivity index (χ1n) is 5.81. The molecule has 0 saturated heterocycles. The van der Waals surface area contributed by atoms with Crippen LogP contribution in [0.4, 0.5) is 5.82 Å². The lowest BCUT2D eigenvalue weighted by Crippen LogP contribution is -2.36. The maximum Gasteiger partial charge on any atom is 0.252 e. The smallest absolute Gasteiger partial charge is 0.252 e. The first-order chi connectivity index (χ1) is 8.41. The SMILES string of the molecule is CC(C)N(C)CCNC(=O)c1cnc(N)c(Cl)c1. The molecule has 0 atom stereocenters. The minimum atomic E-state index is -0.193. The molecule has 0 aliphatic rings. The van der Waals surface area contributed by atoms with E-state index in [0.717, 1.165) is 6.54 Å². The summed E-state index contributed by atoms with van der Waals surface area (Å²) in [5, 5.41) is 3.10. The summed E-state index contributed by atoms with van der Waals surface area (Å²) in [5.74, 6) is 0.0364. The van der Waals surface area contributed by atoms with Gasteiger partial charge < -0.3 is 16.0 Å². The lowest BCUT2D eigenvalue weighted by molar-refractivity contribution is 0.0947. The monoisotopic (exact) mass is 270 g/mol. The van der Waals surface area contributed by atoms with Crippen molar-refractivity contribution in [2.45, 2.75) is 19.9 Å². The molecule has 18 heavy (non-hydrogen) atoms. The van der Waals surface area contributed by atoms with E-state index in [9.17, 15) is 4.79 Å². The number of anilines is 1. The molecule has 1 rings (SSSR count). The number of rotatable bonds is 5. The van der Waals surface area contributed by atoms with Gasteiger partial charge in [-0.25, -0.2) is 4.98 Å². The Morgan fingerprint density at radius 1 is 1.61 bits per heavy atom. The average molecular weight is 271 g/mol. The molecule has 5 nitrogen and oxygen atoms in total. The normalized spacial score (nSPS) is 11.0. The number of carbonyl (C=O) groups is 1. The highest BCUT2D eigenvalue weighted by Crippen LogP contribution is 2.16. The van der Waals surface area contributed by atoms with Crippen molar-refractivity contribution >= 4 is 23.3 Å². The van der Waals surface area contributed by atoms with Crippen molar-refractivity contribution in [3.63, 3.8) is 0 Å². The van der Waals surface area contributed by atoms with Crippen molar-refractivity contribution < 1.29 is 4.79 Å². The van der Waals surface area contributed by atoms with Gasteiger partial charge in [-0.3, -0.25) is 4.79 Å². The van der Waals surface area contributed by atoms with Crippen LogP contribution in [-0.2, 0) is 0 Å². The second-order valence-electron chi connectivity index (χ2n) is 4.42. The number of amides is 1. The number of nitrogens with one attached hydrogen (secondary N) is 1. The molecule has 0 saturated carbocycles. The van der Waals surface area contributed by atoms with Crippen LogP contribution in [0, 0.1) is 0 Å². The molecule has 1 aromatic rings. The van der Waals surface area contributed by atoms with Gasteiger partial charge in [0.15, 0.2) is 0 Å². The van der Waals surface area contributed by atoms with Crippen LogP contribution in [-0.4, -0.2) is 42.0 Å². The summed E-state index contributed by atoms with van der Waals surface area (Å²) in [7, 11) is 2.01. The van der Waals surface area contributed by atoms with Crippen molar-refractivity contribution in [1.29, 1.82) is 0 Å². The van der Waals surface area contributed by atoms with Gasteiger partial charge in [-0.15, -0.1) is 0 Å². The first-order valence-corrected chi connectivity index (χ1v) is 6.19. The van der Waals surface area contributed by atoms with Crippen LogP contribution in [0.25, 0.3) is 0 Å². The van der Waals surface area contributed by atoms with Crippen molar-refractivity contribution in [3.05, 3.63) is 22.8 Å². The van der Waals surface area contributed by atoms with E-state index in [0.29, 0.717) is 23.2 Å². The zero-order valence-corrected chi connectivity index (χ0v) is 11.7. The molecule has 6 heteroatoms. The highest BCUT2D eigenvalue weighted by molar-refractivity contribution is 6.33. The van der Waals surface area contributed by atoms with Crippen molar-refractivity contribution in [2.24, 2.45) is 0 Å². The number of likely N-dealkylation sites (N-methyl/N-ethyl adjacent to an activating group) is 1. The average Bonchev–Trinajstić information content (AvgIpc) is 2.32. The lowest BCUT2D eigenvalue weighted by Gasteiger charge is -2.20. The maximum atomic E-state index is 11.8. The third kappa shape index (κ3) is 4.16. The van der Waals surface area contributed by atoms with Gasteiger partial charge in [-0.05, 0) is 27.0 Å². The fourth-order valence-electron chi connectivity index (χ4n) is 1.28. The minimum Gasteiger partial charge on any atom is -0.382 e. The highest BCUT2D eigenvalue weighted by atomic mass is 35.5. The molecule has 0 spiro atoms. The Hall–Kier alpha value is -1.33. The molecule has 1 aromatic heterocycles. The number of nitrogens with zero attached hydrogens (tertiary/aromatic N) is 2. The fraction of sp³-hybridized carbons (Fsp3) is 0.500. The zero-order chi connectivity index (χ0) is 13.7. The Labute approximate surface area is 112 Å². The van der Waals surface area contributed by atoms with Crippen molar-refractivity contribution in [1.82, 2.24) is 15.2 Å². The van der Waals surface area contributed by atoms with Crippen LogP contribution >= 0.6 is 11.6 Å². The summed E-state index contributed by atoms with van der Waals surface area (Å²) in [6.45, 7) is 5.58. The summed E-state index contributed by atoms with van der Waals surface area (Å²) >= 11 is 5.81. The van der Waals surface area contributed by atoms with Crippen LogP contribution < -0.4 is 11.1 Å². The van der Waals surface area contributed by atoms with E-state index in [1.54, 1.807) is 0 Å². The molecule has 0 aliphatic heterocycles. The second-order valence-corrected chi connectivity index (χ2v) is 4.83. The van der Waals surface area contributed by atoms with E-state index in [2.05, 4.69) is 29.0 Å². The number of nitrogens with two attached hydrogens (primary N) is 1. The van der Waals surface area contributed by atoms with Crippen LogP contribution in [0.5, 0.6) is 0 Å². The molecule has 0 unspecified atom stereocenters. The predicted molar refractivity (Wildman–Crippen MR) is 73.8 cm³/mol. The summed E-state index contributed by atoms with van der Waals surface area (Å²) in [6, 6.07) is 1.97. The van der Waals surface area contributed by atoms with Gasteiger partial charge in [0.25, 0.3) is 5.91 Å². The first kappa shape index (κ1) is 14.7. The third-order valence-corrected chi connectivity index (χ3v) is 3.07. The highest BCUT2D eigenvalue weighted by Gasteiger charge is 2.09. The van der Waals surface area contributed by atoms with Gasteiger partial charge in [0.05, 0.1) is 10.6 Å². The molecular formula is C12H19ClN4O. The van der Waals surface area contributed by atoms with Crippen LogP contribution in [0.1, 0.15) is 24.2 Å². The van der Waals surface area contributed by atoms with Gasteiger partial charge in [-0.2, -0.15) is 0 Å². The fourth-order valence-corrected chi connectivity index (χ4v) is 1.45. The molecule has 0 bridgehead atoms. The van der Waals surface area contributed by atoms with Gasteiger partial charge >= 0.3 is 0 Å². The van der Waals surface area contributed by atoms with E-state index in [4.69, 9.17) is 17.3 Å². The third-order valence-electron chi connectivity index (χ3n) is 2.76. The number of carbonyl (C=O) groups excluding carboxylic acids is 1. The molecule has 3 N–H and O–H groups in total. The molecule has 1 amide bonds. The standard InChI is InChI=1S/C12H19ClN4O/c1-8(2)17(3)5-4-15-12(18)9-6-10(13)11(14)16-7-9/h6-8H,4-5H2,1-3H3,(H2,14,16)(H,15,18). The van der Waals surface area contributed by atoms with Gasteiger partial charge in [0.1, 0.15) is 5.82 Å².